The van der Waals surface area contributed by atoms with Crippen molar-refractivity contribution in [2.24, 2.45) is 0 Å². The van der Waals surface area contributed by atoms with E-state index in [4.69, 9.17) is 16.3 Å². The molecule has 19 heavy (non-hydrogen) atoms. The highest BCUT2D eigenvalue weighted by molar-refractivity contribution is 6.31. The van der Waals surface area contributed by atoms with Gasteiger partial charge in [0.25, 0.3) is 0 Å². The van der Waals surface area contributed by atoms with E-state index in [0.717, 1.165) is 0 Å². The van der Waals surface area contributed by atoms with Crippen molar-refractivity contribution in [3.05, 3.63) is 34.6 Å². The van der Waals surface area contributed by atoms with Crippen LogP contribution in [0, 0.1) is 5.82 Å². The molecule has 2 rings (SSSR count). The zero-order valence-corrected chi connectivity index (χ0v) is 12.0. The molecule has 0 bridgehead atoms. The Hall–Kier alpha value is -1.29. The second-order valence-electron chi connectivity index (χ2n) is 5.72. The molecule has 0 unspecified atom stereocenters. The number of carbonyl (C=O) groups excluding carboxylic acids is 1. The smallest absolute Gasteiger partial charge is 0.410 e. The normalized spacial score (nSPS) is 16.2. The Morgan fingerprint density at radius 2 is 2.05 bits per heavy atom. The fourth-order valence-corrected chi connectivity index (χ4v) is 2.35. The van der Waals surface area contributed by atoms with Gasteiger partial charge < -0.3 is 9.64 Å². The van der Waals surface area contributed by atoms with E-state index in [-0.39, 0.29) is 17.8 Å². The van der Waals surface area contributed by atoms with Gasteiger partial charge in [0.2, 0.25) is 0 Å². The van der Waals surface area contributed by atoms with Crippen LogP contribution in [0.15, 0.2) is 18.2 Å². The van der Waals surface area contributed by atoms with Crippen LogP contribution in [0.2, 0.25) is 5.02 Å². The first-order valence-electron chi connectivity index (χ1n) is 6.20. The molecule has 0 saturated carbocycles. The summed E-state index contributed by atoms with van der Waals surface area (Å²) >= 11 is 6.00. The van der Waals surface area contributed by atoms with Gasteiger partial charge in [-0.05, 0) is 32.9 Å². The Morgan fingerprint density at radius 3 is 2.58 bits per heavy atom. The molecule has 1 fully saturated rings. The zero-order valence-electron chi connectivity index (χ0n) is 11.2. The molecule has 1 aliphatic rings. The van der Waals surface area contributed by atoms with Crippen LogP contribution in [-0.2, 0) is 4.74 Å². The van der Waals surface area contributed by atoms with Gasteiger partial charge in [0.1, 0.15) is 11.4 Å². The van der Waals surface area contributed by atoms with Crippen LogP contribution in [0.25, 0.3) is 0 Å². The number of nitrogens with zero attached hydrogens (tertiary/aromatic N) is 1. The van der Waals surface area contributed by atoms with Crippen molar-refractivity contribution in [1.82, 2.24) is 4.90 Å². The van der Waals surface area contributed by atoms with E-state index in [9.17, 15) is 9.18 Å². The van der Waals surface area contributed by atoms with Gasteiger partial charge in [-0.2, -0.15) is 0 Å². The number of halogens is 2. The quantitative estimate of drug-likeness (QED) is 0.785. The molecule has 3 nitrogen and oxygen atoms in total. The highest BCUT2D eigenvalue weighted by atomic mass is 35.5. The molecular weight excluding hydrogens is 269 g/mol. The summed E-state index contributed by atoms with van der Waals surface area (Å²) in [6.07, 6.45) is -0.365. The largest absolute Gasteiger partial charge is 0.444 e. The van der Waals surface area contributed by atoms with Crippen molar-refractivity contribution in [3.63, 3.8) is 0 Å². The fraction of sp³-hybridized carbons (Fsp3) is 0.500. The Bertz CT molecular complexity index is 472. The number of hydrogen-bond acceptors (Lipinski definition) is 2. The first kappa shape index (κ1) is 14.1. The van der Waals surface area contributed by atoms with E-state index >= 15 is 0 Å². The van der Waals surface area contributed by atoms with E-state index in [1.165, 1.54) is 6.07 Å². The Balaban J connectivity index is 1.98. The van der Waals surface area contributed by atoms with Gasteiger partial charge in [0.15, 0.2) is 0 Å². The fourth-order valence-electron chi connectivity index (χ4n) is 2.04. The first-order valence-corrected chi connectivity index (χ1v) is 6.57. The summed E-state index contributed by atoms with van der Waals surface area (Å²) in [6.45, 7) is 6.33. The third-order valence-corrected chi connectivity index (χ3v) is 3.27. The number of benzene rings is 1. The van der Waals surface area contributed by atoms with Gasteiger partial charge in [-0.3, -0.25) is 0 Å². The van der Waals surface area contributed by atoms with Crippen LogP contribution in [0.1, 0.15) is 32.3 Å². The summed E-state index contributed by atoms with van der Waals surface area (Å²) in [5.41, 5.74) is -0.0263. The first-order chi connectivity index (χ1) is 8.78. The molecule has 1 aromatic carbocycles. The van der Waals surface area contributed by atoms with Gasteiger partial charge in [-0.1, -0.05) is 17.7 Å². The maximum atomic E-state index is 13.7. The van der Waals surface area contributed by atoms with Crippen molar-refractivity contribution in [2.45, 2.75) is 32.3 Å². The highest BCUT2D eigenvalue weighted by Gasteiger charge is 2.36. The summed E-state index contributed by atoms with van der Waals surface area (Å²) in [4.78, 5) is 13.3. The van der Waals surface area contributed by atoms with Crippen molar-refractivity contribution in [2.75, 3.05) is 13.1 Å². The maximum absolute atomic E-state index is 13.7. The van der Waals surface area contributed by atoms with Crippen LogP contribution >= 0.6 is 11.6 Å². The lowest BCUT2D eigenvalue weighted by Gasteiger charge is -2.40. The standard InChI is InChI=1S/C14H17ClFNO2/c1-14(2,3)19-13(18)17-7-9(8-17)12-10(15)5-4-6-11(12)16/h4-6,9H,7-8H2,1-3H3. The predicted molar refractivity (Wildman–Crippen MR) is 72.0 cm³/mol. The topological polar surface area (TPSA) is 29.5 Å². The molecule has 1 amide bonds. The molecule has 0 aliphatic carbocycles. The monoisotopic (exact) mass is 285 g/mol. The molecule has 0 aromatic heterocycles. The van der Waals surface area contributed by atoms with E-state index in [1.54, 1.807) is 17.0 Å². The number of amides is 1. The summed E-state index contributed by atoms with van der Waals surface area (Å²) in [5, 5.41) is 0.411. The summed E-state index contributed by atoms with van der Waals surface area (Å²) in [7, 11) is 0. The van der Waals surface area contributed by atoms with Gasteiger partial charge in [-0.15, -0.1) is 0 Å². The third-order valence-electron chi connectivity index (χ3n) is 2.94. The SMILES string of the molecule is CC(C)(C)OC(=O)N1CC(c2c(F)cccc2Cl)C1. The minimum Gasteiger partial charge on any atom is -0.444 e. The molecule has 104 valence electrons. The number of rotatable bonds is 1. The summed E-state index contributed by atoms with van der Waals surface area (Å²) in [5.74, 6) is -0.373. The molecule has 1 aliphatic heterocycles. The van der Waals surface area contributed by atoms with Crippen LogP contribution in [0.4, 0.5) is 9.18 Å². The lowest BCUT2D eigenvalue weighted by Crippen LogP contribution is -2.50. The number of ether oxygens (including phenoxy) is 1. The molecule has 0 N–H and O–H groups in total. The van der Waals surface area contributed by atoms with Crippen LogP contribution in [0.5, 0.6) is 0 Å². The maximum Gasteiger partial charge on any atom is 0.410 e. The second-order valence-corrected chi connectivity index (χ2v) is 6.12. The average molecular weight is 286 g/mol. The molecule has 5 heteroatoms. The van der Waals surface area contributed by atoms with Gasteiger partial charge in [-0.25, -0.2) is 9.18 Å². The Morgan fingerprint density at radius 1 is 1.42 bits per heavy atom. The molecule has 0 radical (unpaired) electrons. The lowest BCUT2D eigenvalue weighted by molar-refractivity contribution is 0.00791. The van der Waals surface area contributed by atoms with Crippen molar-refractivity contribution in [3.8, 4) is 0 Å². The summed E-state index contributed by atoms with van der Waals surface area (Å²) < 4.78 is 18.9. The number of likely N-dealkylation sites (tertiary alicyclic amines) is 1. The average Bonchev–Trinajstić information content (AvgIpc) is 2.17. The molecular formula is C14H17ClFNO2. The molecule has 1 saturated heterocycles. The molecule has 0 spiro atoms. The van der Waals surface area contributed by atoms with E-state index in [2.05, 4.69) is 0 Å². The van der Waals surface area contributed by atoms with Crippen molar-refractivity contribution >= 4 is 17.7 Å². The lowest BCUT2D eigenvalue weighted by atomic mass is 9.91. The molecule has 1 heterocycles. The van der Waals surface area contributed by atoms with E-state index < -0.39 is 5.60 Å². The molecule has 0 atom stereocenters. The zero-order chi connectivity index (χ0) is 14.2. The summed E-state index contributed by atoms with van der Waals surface area (Å²) in [6, 6.07) is 4.62. The third kappa shape index (κ3) is 3.18. The number of carbonyl (C=O) groups is 1. The van der Waals surface area contributed by atoms with Gasteiger partial charge >= 0.3 is 6.09 Å². The van der Waals surface area contributed by atoms with Crippen molar-refractivity contribution in [1.29, 1.82) is 0 Å². The molecule has 1 aromatic rings. The van der Waals surface area contributed by atoms with Gasteiger partial charge in [0.05, 0.1) is 0 Å². The second kappa shape index (κ2) is 5.00. The Kier molecular flexibility index (Phi) is 3.72. The van der Waals surface area contributed by atoms with Crippen molar-refractivity contribution < 1.29 is 13.9 Å². The van der Waals surface area contributed by atoms with E-state index in [0.29, 0.717) is 23.7 Å². The van der Waals surface area contributed by atoms with Gasteiger partial charge in [0, 0.05) is 29.6 Å². The highest BCUT2D eigenvalue weighted by Crippen LogP contribution is 2.34. The van der Waals surface area contributed by atoms with Crippen LogP contribution < -0.4 is 0 Å². The van der Waals surface area contributed by atoms with E-state index in [1.807, 2.05) is 20.8 Å². The predicted octanol–water partition coefficient (Wildman–Crippen LogP) is 3.81. The Labute approximate surface area is 117 Å². The van der Waals surface area contributed by atoms with Crippen LogP contribution in [-0.4, -0.2) is 29.7 Å². The number of hydrogen-bond donors (Lipinski definition) is 0. The van der Waals surface area contributed by atoms with Crippen LogP contribution in [0.3, 0.4) is 0 Å². The minimum absolute atomic E-state index is 0.0544. The minimum atomic E-state index is -0.516.